The van der Waals surface area contributed by atoms with Gasteiger partial charge in [-0.15, -0.1) is 0 Å². The van der Waals surface area contributed by atoms with E-state index in [0.29, 0.717) is 17.8 Å². The molecule has 0 atom stereocenters. The molecular weight excluding hydrogens is 323 g/mol. The summed E-state index contributed by atoms with van der Waals surface area (Å²) in [5.41, 5.74) is 2.32. The zero-order chi connectivity index (χ0) is 14.5. The normalized spacial score (nSPS) is 10.2. The Morgan fingerprint density at radius 3 is 2.55 bits per heavy atom. The standard InChI is InChI=1S/C15H14BrFN2O/c1-18-15(20)11-4-2-10(3-5-11)9-19-14-8-12(17)6-7-13(14)16/h2-8,19H,9H2,1H3,(H,18,20). The molecule has 0 saturated carbocycles. The second-order valence-electron chi connectivity index (χ2n) is 4.25. The number of amides is 1. The Morgan fingerprint density at radius 1 is 1.20 bits per heavy atom. The van der Waals surface area contributed by atoms with Gasteiger partial charge in [0.15, 0.2) is 0 Å². The molecule has 0 saturated heterocycles. The lowest BCUT2D eigenvalue weighted by Crippen LogP contribution is -2.17. The molecule has 104 valence electrons. The van der Waals surface area contributed by atoms with Gasteiger partial charge in [0.25, 0.3) is 5.91 Å². The van der Waals surface area contributed by atoms with Crippen molar-refractivity contribution < 1.29 is 9.18 Å². The predicted molar refractivity (Wildman–Crippen MR) is 81.3 cm³/mol. The molecular formula is C15H14BrFN2O. The third-order valence-corrected chi connectivity index (χ3v) is 3.55. The SMILES string of the molecule is CNC(=O)c1ccc(CNc2cc(F)ccc2Br)cc1. The molecule has 5 heteroatoms. The molecule has 0 radical (unpaired) electrons. The van der Waals surface area contributed by atoms with Crippen LogP contribution in [0, 0.1) is 5.82 Å². The maximum Gasteiger partial charge on any atom is 0.251 e. The second-order valence-corrected chi connectivity index (χ2v) is 5.11. The summed E-state index contributed by atoms with van der Waals surface area (Å²) in [4.78, 5) is 11.4. The minimum Gasteiger partial charge on any atom is -0.380 e. The van der Waals surface area contributed by atoms with Gasteiger partial charge in [0.1, 0.15) is 5.82 Å². The fourth-order valence-corrected chi connectivity index (χ4v) is 2.14. The van der Waals surface area contributed by atoms with Crippen molar-refractivity contribution in [1.29, 1.82) is 0 Å². The summed E-state index contributed by atoms with van der Waals surface area (Å²) in [5, 5.41) is 5.72. The summed E-state index contributed by atoms with van der Waals surface area (Å²) in [7, 11) is 1.60. The quantitative estimate of drug-likeness (QED) is 0.896. The van der Waals surface area contributed by atoms with Gasteiger partial charge in [-0.1, -0.05) is 12.1 Å². The van der Waals surface area contributed by atoms with Crippen molar-refractivity contribution in [3.63, 3.8) is 0 Å². The number of benzene rings is 2. The minimum absolute atomic E-state index is 0.114. The Kier molecular flexibility index (Phi) is 4.74. The number of hydrogen-bond acceptors (Lipinski definition) is 2. The van der Waals surface area contributed by atoms with E-state index < -0.39 is 0 Å². The minimum atomic E-state index is -0.286. The summed E-state index contributed by atoms with van der Waals surface area (Å²) in [6.45, 7) is 0.552. The molecule has 20 heavy (non-hydrogen) atoms. The molecule has 0 aliphatic rings. The molecule has 0 spiro atoms. The van der Waals surface area contributed by atoms with Gasteiger partial charge in [-0.25, -0.2) is 4.39 Å². The highest BCUT2D eigenvalue weighted by molar-refractivity contribution is 9.10. The molecule has 0 fully saturated rings. The number of halogens is 2. The summed E-state index contributed by atoms with van der Waals surface area (Å²) >= 11 is 3.36. The summed E-state index contributed by atoms with van der Waals surface area (Å²) in [6, 6.07) is 11.7. The molecule has 0 aliphatic heterocycles. The van der Waals surface area contributed by atoms with Crippen LogP contribution in [0.4, 0.5) is 10.1 Å². The Bertz CT molecular complexity index is 614. The van der Waals surface area contributed by atoms with Gasteiger partial charge in [-0.3, -0.25) is 4.79 Å². The Labute approximate surface area is 125 Å². The van der Waals surface area contributed by atoms with Crippen LogP contribution in [-0.2, 0) is 6.54 Å². The van der Waals surface area contributed by atoms with Crippen molar-refractivity contribution in [3.05, 3.63) is 63.9 Å². The van der Waals surface area contributed by atoms with Crippen LogP contribution in [0.15, 0.2) is 46.9 Å². The molecule has 0 unspecified atom stereocenters. The predicted octanol–water partition coefficient (Wildman–Crippen LogP) is 3.56. The Morgan fingerprint density at radius 2 is 1.90 bits per heavy atom. The highest BCUT2D eigenvalue weighted by Crippen LogP contribution is 2.23. The zero-order valence-corrected chi connectivity index (χ0v) is 12.5. The van der Waals surface area contributed by atoms with Crippen molar-refractivity contribution in [2.45, 2.75) is 6.54 Å². The zero-order valence-electron chi connectivity index (χ0n) is 10.9. The smallest absolute Gasteiger partial charge is 0.251 e. The third-order valence-electron chi connectivity index (χ3n) is 2.85. The summed E-state index contributed by atoms with van der Waals surface area (Å²) in [5.74, 6) is -0.400. The molecule has 2 N–H and O–H groups in total. The van der Waals surface area contributed by atoms with E-state index in [4.69, 9.17) is 0 Å². The number of hydrogen-bond donors (Lipinski definition) is 2. The number of nitrogens with one attached hydrogen (secondary N) is 2. The van der Waals surface area contributed by atoms with Crippen LogP contribution in [0.25, 0.3) is 0 Å². The third kappa shape index (κ3) is 3.57. The summed E-state index contributed by atoms with van der Waals surface area (Å²) < 4.78 is 14.0. The van der Waals surface area contributed by atoms with Gasteiger partial charge in [-0.2, -0.15) is 0 Å². The first-order valence-electron chi connectivity index (χ1n) is 6.10. The topological polar surface area (TPSA) is 41.1 Å². The lowest BCUT2D eigenvalue weighted by Gasteiger charge is -2.09. The lowest BCUT2D eigenvalue weighted by atomic mass is 10.1. The van der Waals surface area contributed by atoms with Crippen LogP contribution in [0.5, 0.6) is 0 Å². The van der Waals surface area contributed by atoms with Crippen LogP contribution in [0.1, 0.15) is 15.9 Å². The van der Waals surface area contributed by atoms with E-state index in [0.717, 1.165) is 10.0 Å². The van der Waals surface area contributed by atoms with Crippen LogP contribution in [0.3, 0.4) is 0 Å². The molecule has 1 amide bonds. The fraction of sp³-hybridized carbons (Fsp3) is 0.133. The summed E-state index contributed by atoms with van der Waals surface area (Å²) in [6.07, 6.45) is 0. The number of rotatable bonds is 4. The van der Waals surface area contributed by atoms with Crippen LogP contribution in [-0.4, -0.2) is 13.0 Å². The van der Waals surface area contributed by atoms with E-state index in [1.807, 2.05) is 12.1 Å². The van der Waals surface area contributed by atoms with Gasteiger partial charge in [0, 0.05) is 23.6 Å². The van der Waals surface area contributed by atoms with Crippen LogP contribution >= 0.6 is 15.9 Å². The van der Waals surface area contributed by atoms with E-state index in [1.165, 1.54) is 12.1 Å². The first-order valence-corrected chi connectivity index (χ1v) is 6.89. The number of anilines is 1. The highest BCUT2D eigenvalue weighted by Gasteiger charge is 2.04. The average Bonchev–Trinajstić information content (AvgIpc) is 2.48. The Balaban J connectivity index is 2.04. The average molecular weight is 337 g/mol. The highest BCUT2D eigenvalue weighted by atomic mass is 79.9. The fourth-order valence-electron chi connectivity index (χ4n) is 1.75. The number of carbonyl (C=O) groups excluding carboxylic acids is 1. The maximum absolute atomic E-state index is 13.1. The monoisotopic (exact) mass is 336 g/mol. The van der Waals surface area contributed by atoms with E-state index in [1.54, 1.807) is 25.2 Å². The first-order chi connectivity index (χ1) is 9.60. The van der Waals surface area contributed by atoms with E-state index in [-0.39, 0.29) is 11.7 Å². The second kappa shape index (κ2) is 6.52. The first kappa shape index (κ1) is 14.5. The molecule has 2 rings (SSSR count). The van der Waals surface area contributed by atoms with Crippen molar-refractivity contribution in [3.8, 4) is 0 Å². The van der Waals surface area contributed by atoms with Crippen molar-refractivity contribution in [2.75, 3.05) is 12.4 Å². The Hall–Kier alpha value is -1.88. The van der Waals surface area contributed by atoms with Gasteiger partial charge in [0.2, 0.25) is 0 Å². The van der Waals surface area contributed by atoms with E-state index >= 15 is 0 Å². The maximum atomic E-state index is 13.1. The van der Waals surface area contributed by atoms with E-state index in [2.05, 4.69) is 26.6 Å². The molecule has 0 bridgehead atoms. The van der Waals surface area contributed by atoms with Crippen LogP contribution < -0.4 is 10.6 Å². The molecule has 3 nitrogen and oxygen atoms in total. The van der Waals surface area contributed by atoms with Gasteiger partial charge >= 0.3 is 0 Å². The van der Waals surface area contributed by atoms with Crippen molar-refractivity contribution in [2.24, 2.45) is 0 Å². The largest absolute Gasteiger partial charge is 0.380 e. The lowest BCUT2D eigenvalue weighted by molar-refractivity contribution is 0.0963. The molecule has 0 aromatic heterocycles. The van der Waals surface area contributed by atoms with E-state index in [9.17, 15) is 9.18 Å². The molecule has 0 aliphatic carbocycles. The van der Waals surface area contributed by atoms with Crippen molar-refractivity contribution >= 4 is 27.5 Å². The van der Waals surface area contributed by atoms with Crippen LogP contribution in [0.2, 0.25) is 0 Å². The molecule has 2 aromatic rings. The van der Waals surface area contributed by atoms with Gasteiger partial charge < -0.3 is 10.6 Å². The number of carbonyl (C=O) groups is 1. The van der Waals surface area contributed by atoms with Crippen molar-refractivity contribution in [1.82, 2.24) is 5.32 Å². The van der Waals surface area contributed by atoms with Gasteiger partial charge in [-0.05, 0) is 51.8 Å². The van der Waals surface area contributed by atoms with Gasteiger partial charge in [0.05, 0.1) is 5.69 Å². The molecule has 2 aromatic carbocycles. The molecule has 0 heterocycles.